The second-order valence-corrected chi connectivity index (χ2v) is 9.85. The number of phosphoric ester groups is 1. The van der Waals surface area contributed by atoms with Crippen molar-refractivity contribution >= 4 is 74.7 Å². The van der Waals surface area contributed by atoms with Gasteiger partial charge in [0.2, 0.25) is 5.82 Å². The van der Waals surface area contributed by atoms with Gasteiger partial charge in [-0.15, -0.1) is 10.2 Å². The van der Waals surface area contributed by atoms with Crippen LogP contribution in [0, 0.1) is 0 Å². The van der Waals surface area contributed by atoms with Crippen LogP contribution in [0.5, 0.6) is 0 Å². The maximum Gasteiger partial charge on any atom is 2.00 e. The van der Waals surface area contributed by atoms with Crippen molar-refractivity contribution in [2.45, 2.75) is 25.4 Å². The summed E-state index contributed by atoms with van der Waals surface area (Å²) in [6.45, 7) is -2.05. The molecule has 4 aromatic rings. The predicted molar refractivity (Wildman–Crippen MR) is 133 cm³/mol. The first-order valence-electron chi connectivity index (χ1n) is 10.7. The molecule has 4 rings (SSSR count). The Hall–Kier alpha value is -2.34. The molecule has 0 spiro atoms. The van der Waals surface area contributed by atoms with E-state index in [0.717, 1.165) is 4.68 Å². The number of phosphoric acid groups is 1. The van der Waals surface area contributed by atoms with Gasteiger partial charge in [-0.2, -0.15) is 17.9 Å². The minimum absolute atomic E-state index is 0. The summed E-state index contributed by atoms with van der Waals surface area (Å²) in [5, 5.41) is 8.45. The van der Waals surface area contributed by atoms with E-state index < -0.39 is 50.6 Å². The topological polar surface area (TPSA) is 199 Å². The van der Waals surface area contributed by atoms with Crippen LogP contribution in [-0.2, 0) is 22.2 Å². The molecule has 2 N–H and O–H groups in total. The maximum atomic E-state index is 13.6. The van der Waals surface area contributed by atoms with Crippen LogP contribution in [0.25, 0.3) is 17.2 Å². The number of halogens is 5. The van der Waals surface area contributed by atoms with E-state index >= 15 is 0 Å². The average molecular weight is 661 g/mol. The summed E-state index contributed by atoms with van der Waals surface area (Å²) in [6.07, 6.45) is -7.22. The summed E-state index contributed by atoms with van der Waals surface area (Å²) in [5.41, 5.74) is 4.28. The second-order valence-electron chi connectivity index (χ2n) is 7.90. The molecule has 14 nitrogen and oxygen atoms in total. The number of rotatable bonds is 9. The smallest absolute Gasteiger partial charge is 0.790 e. The van der Waals surface area contributed by atoms with Crippen LogP contribution in [-0.4, -0.2) is 90.0 Å². The normalized spacial score (nSPS) is 12.7. The molecule has 0 fully saturated rings. The number of carbonyl (C=O) groups excluding carboxylic acids is 1. The van der Waals surface area contributed by atoms with Gasteiger partial charge >= 0.3 is 49.6 Å². The Kier molecular flexibility index (Phi) is 10.4. The molecule has 1 atom stereocenters. The van der Waals surface area contributed by atoms with Crippen molar-refractivity contribution < 1.29 is 36.8 Å². The molecule has 0 aliphatic rings. The number of hydrogen-bond acceptors (Lipinski definition) is 10. The van der Waals surface area contributed by atoms with Gasteiger partial charge in [-0.25, -0.2) is 19.4 Å². The average Bonchev–Trinajstić information content (AvgIpc) is 3.40. The molecule has 1 amide bonds. The van der Waals surface area contributed by atoms with Gasteiger partial charge in [-0.3, -0.25) is 9.36 Å². The molecule has 0 radical (unpaired) electrons. The van der Waals surface area contributed by atoms with Gasteiger partial charge in [0.05, 0.1) is 19.4 Å². The SMILES string of the molecule is NC(=O)c1nc(Cn2nc(-c3ccc(Cl)cc3)n(CC(OP(=O)([O-])[O-])C(F)(F)F)c2=O)nn1-c1ncccc1Cl.[Ca+2]. The van der Waals surface area contributed by atoms with E-state index in [4.69, 9.17) is 28.9 Å². The van der Waals surface area contributed by atoms with Crippen molar-refractivity contribution in [1.29, 1.82) is 0 Å². The molecule has 0 bridgehead atoms. The molecule has 1 aromatic carbocycles. The number of nitrogens with zero attached hydrogens (tertiary/aromatic N) is 7. The monoisotopic (exact) mass is 660 g/mol. The number of aromatic nitrogens is 7. The second kappa shape index (κ2) is 12.9. The van der Waals surface area contributed by atoms with E-state index in [9.17, 15) is 37.1 Å². The number of carbonyl (C=O) groups is 1. The van der Waals surface area contributed by atoms with Crippen LogP contribution < -0.4 is 21.2 Å². The molecule has 0 aliphatic heterocycles. The van der Waals surface area contributed by atoms with E-state index in [1.165, 1.54) is 42.6 Å². The van der Waals surface area contributed by atoms with Gasteiger partial charge in [0, 0.05) is 16.8 Å². The molecule has 3 heterocycles. The Balaban J connectivity index is 0.00000462. The Morgan fingerprint density at radius 1 is 1.15 bits per heavy atom. The zero-order valence-electron chi connectivity index (χ0n) is 20.2. The van der Waals surface area contributed by atoms with E-state index in [1.807, 2.05) is 0 Å². The number of primary amides is 1. The van der Waals surface area contributed by atoms with E-state index in [-0.39, 0.29) is 70.8 Å². The maximum absolute atomic E-state index is 13.6. The van der Waals surface area contributed by atoms with Crippen LogP contribution in [0.4, 0.5) is 13.2 Å². The molecule has 21 heteroatoms. The molecule has 3 aromatic heterocycles. The quantitative estimate of drug-likeness (QED) is 0.195. The van der Waals surface area contributed by atoms with Crippen molar-refractivity contribution in [3.05, 3.63) is 74.8 Å². The van der Waals surface area contributed by atoms with Crippen molar-refractivity contribution in [2.24, 2.45) is 5.73 Å². The Morgan fingerprint density at radius 2 is 1.80 bits per heavy atom. The van der Waals surface area contributed by atoms with E-state index in [2.05, 4.69) is 24.7 Å². The first-order chi connectivity index (χ1) is 18.6. The first-order valence-corrected chi connectivity index (χ1v) is 12.9. The third-order valence-electron chi connectivity index (χ3n) is 5.10. The van der Waals surface area contributed by atoms with Crippen LogP contribution in [0.3, 0.4) is 0 Å². The van der Waals surface area contributed by atoms with E-state index in [0.29, 0.717) is 9.25 Å². The minimum atomic E-state index is -6.12. The summed E-state index contributed by atoms with van der Waals surface area (Å²) in [6, 6.07) is 8.36. The van der Waals surface area contributed by atoms with Crippen LogP contribution in [0.2, 0.25) is 10.0 Å². The zero-order valence-corrected chi connectivity index (χ0v) is 24.8. The number of hydrogen-bond donors (Lipinski definition) is 1. The van der Waals surface area contributed by atoms with Crippen molar-refractivity contribution in [3.8, 4) is 17.2 Å². The largest absolute Gasteiger partial charge is 2.00 e. The number of benzene rings is 1. The molecular formula is C20H14CaCl2F3N8O6P. The summed E-state index contributed by atoms with van der Waals surface area (Å²) < 4.78 is 57.4. The van der Waals surface area contributed by atoms with Gasteiger partial charge in [-0.05, 0) is 36.4 Å². The van der Waals surface area contributed by atoms with Crippen LogP contribution in [0.15, 0.2) is 47.4 Å². The summed E-state index contributed by atoms with van der Waals surface area (Å²) >= 11 is 12.0. The molecule has 0 saturated heterocycles. The van der Waals surface area contributed by atoms with Crippen LogP contribution >= 0.6 is 31.0 Å². The van der Waals surface area contributed by atoms with E-state index in [1.54, 1.807) is 0 Å². The molecule has 0 aliphatic carbocycles. The molecular weight excluding hydrogens is 647 g/mol. The fraction of sp³-hybridized carbons (Fsp3) is 0.200. The standard InChI is InChI=1S/C20H16Cl2F3N8O6P.Ca/c21-11-5-3-10(4-6-11)16-30-32(19(35)31(16)8-13(20(23,24)25)39-40(36,37)38)9-14-28-18(15(26)34)33(29-14)17-12(22)2-1-7-27-17;/h1-7,13H,8-9H2,(H2,26,34)(H2,36,37,38);/q;+2/p-2. The number of alkyl halides is 3. The summed E-state index contributed by atoms with van der Waals surface area (Å²) in [4.78, 5) is 55.1. The van der Waals surface area contributed by atoms with Crippen molar-refractivity contribution in [1.82, 2.24) is 34.1 Å². The summed E-state index contributed by atoms with van der Waals surface area (Å²) in [5.74, 6) is -2.09. The number of pyridine rings is 1. The predicted octanol–water partition coefficient (Wildman–Crippen LogP) is 0.537. The third-order valence-corrected chi connectivity index (χ3v) is 6.16. The Labute approximate surface area is 267 Å². The van der Waals surface area contributed by atoms with Gasteiger partial charge < -0.3 is 24.6 Å². The molecule has 0 saturated carbocycles. The Bertz CT molecular complexity index is 1670. The van der Waals surface area contributed by atoms with Crippen molar-refractivity contribution in [3.63, 3.8) is 0 Å². The minimum Gasteiger partial charge on any atom is -0.790 e. The number of nitrogens with two attached hydrogens (primary N) is 1. The van der Waals surface area contributed by atoms with Crippen LogP contribution in [0.1, 0.15) is 16.4 Å². The fourth-order valence-electron chi connectivity index (χ4n) is 3.44. The summed E-state index contributed by atoms with van der Waals surface area (Å²) in [7, 11) is -6.12. The van der Waals surface area contributed by atoms with Gasteiger partial charge in [0.25, 0.3) is 5.91 Å². The molecule has 212 valence electrons. The first kappa shape index (κ1) is 33.2. The molecule has 41 heavy (non-hydrogen) atoms. The van der Waals surface area contributed by atoms with Gasteiger partial charge in [0.15, 0.2) is 23.6 Å². The zero-order chi connectivity index (χ0) is 29.4. The number of amides is 1. The van der Waals surface area contributed by atoms with Gasteiger partial charge in [-0.1, -0.05) is 23.2 Å². The van der Waals surface area contributed by atoms with Gasteiger partial charge in [0.1, 0.15) is 6.54 Å². The van der Waals surface area contributed by atoms with Crippen molar-refractivity contribution in [2.75, 3.05) is 0 Å². The Morgan fingerprint density at radius 3 is 2.37 bits per heavy atom. The third kappa shape index (κ3) is 7.94. The fourth-order valence-corrected chi connectivity index (χ4v) is 4.26. The molecule has 1 unspecified atom stereocenters.